The van der Waals surface area contributed by atoms with Gasteiger partial charge < -0.3 is 25.2 Å². The predicted molar refractivity (Wildman–Crippen MR) is 156 cm³/mol. The van der Waals surface area contributed by atoms with E-state index in [-0.39, 0.29) is 30.8 Å². The highest BCUT2D eigenvalue weighted by molar-refractivity contribution is 7.21. The zero-order chi connectivity index (χ0) is 27.3. The van der Waals surface area contributed by atoms with Crippen LogP contribution in [0.15, 0.2) is 42.5 Å². The largest absolute Gasteiger partial charge is 0.396 e. The van der Waals surface area contributed by atoms with Crippen LogP contribution in [0.25, 0.3) is 20.8 Å². The number of nitrogens with one attached hydrogen (secondary N) is 2. The smallest absolute Gasteiger partial charge is 0.225 e. The van der Waals surface area contributed by atoms with Crippen molar-refractivity contribution in [3.8, 4) is 10.6 Å². The number of aliphatic hydroxyl groups excluding tert-OH is 1. The third-order valence-corrected chi connectivity index (χ3v) is 8.60. The molecule has 0 radical (unpaired) electrons. The first-order valence-electron chi connectivity index (χ1n) is 12.9. The molecule has 0 bridgehead atoms. The van der Waals surface area contributed by atoms with Crippen molar-refractivity contribution in [1.82, 2.24) is 15.0 Å². The highest BCUT2D eigenvalue weighted by Gasteiger charge is 2.54. The number of aliphatic hydroxyl groups is 1. The molecule has 4 atom stereocenters. The van der Waals surface area contributed by atoms with Crippen molar-refractivity contribution < 1.29 is 14.6 Å². The summed E-state index contributed by atoms with van der Waals surface area (Å²) in [6.07, 6.45) is 0.274. The molecule has 0 spiro atoms. The van der Waals surface area contributed by atoms with Gasteiger partial charge in [0.25, 0.3) is 0 Å². The van der Waals surface area contributed by atoms with Gasteiger partial charge in [-0.15, -0.1) is 11.3 Å². The van der Waals surface area contributed by atoms with Crippen LogP contribution in [-0.2, 0) is 16.0 Å². The number of ether oxygens (including phenoxy) is 2. The Hall–Kier alpha value is -2.53. The van der Waals surface area contributed by atoms with Crippen molar-refractivity contribution in [1.29, 1.82) is 0 Å². The monoisotopic (exact) mass is 585 g/mol. The number of benzene rings is 2. The number of aromatic nitrogens is 3. The average molecular weight is 587 g/mol. The van der Waals surface area contributed by atoms with Crippen molar-refractivity contribution in [3.05, 3.63) is 63.8 Å². The Morgan fingerprint density at radius 3 is 2.54 bits per heavy atom. The van der Waals surface area contributed by atoms with Crippen LogP contribution in [-0.4, -0.2) is 50.7 Å². The van der Waals surface area contributed by atoms with Gasteiger partial charge in [0.05, 0.1) is 33.6 Å². The van der Waals surface area contributed by atoms with Crippen LogP contribution in [0.4, 0.5) is 11.8 Å². The maximum Gasteiger partial charge on any atom is 0.225 e. The number of anilines is 2. The van der Waals surface area contributed by atoms with Gasteiger partial charge in [0.15, 0.2) is 5.79 Å². The summed E-state index contributed by atoms with van der Waals surface area (Å²) in [7, 11) is 0. The van der Waals surface area contributed by atoms with Crippen molar-refractivity contribution >= 4 is 56.5 Å². The second-order valence-electron chi connectivity index (χ2n) is 10.5. The van der Waals surface area contributed by atoms with E-state index >= 15 is 0 Å². The molecule has 1 aliphatic heterocycles. The first kappa shape index (κ1) is 26.7. The summed E-state index contributed by atoms with van der Waals surface area (Å²) < 4.78 is 13.5. The Kier molecular flexibility index (Phi) is 7.16. The molecule has 1 saturated carbocycles. The molecule has 3 N–H and O–H groups in total. The number of hydrogen-bond acceptors (Lipinski definition) is 9. The Morgan fingerprint density at radius 2 is 1.79 bits per heavy atom. The molecule has 39 heavy (non-hydrogen) atoms. The van der Waals surface area contributed by atoms with Gasteiger partial charge in [-0.25, -0.2) is 9.97 Å². The number of halogens is 2. The van der Waals surface area contributed by atoms with Crippen LogP contribution < -0.4 is 10.6 Å². The molecule has 2 aromatic heterocycles. The number of nitrogens with zero attached hydrogens (tertiary/aromatic N) is 3. The SMILES string of the molecule is Cc1nc(NCc2cc(Cl)cc(Cl)c2)nc(N[C@@H]2C[C@H](CO)[C@H]3OC(C)(C)O[C@H]32)c1-c1nc2ccccc2s1. The average Bonchev–Trinajstić information content (AvgIpc) is 3.53. The molecular weight excluding hydrogens is 557 g/mol. The number of para-hydroxylation sites is 1. The summed E-state index contributed by atoms with van der Waals surface area (Å²) >= 11 is 14.0. The fraction of sp³-hybridized carbons (Fsp3) is 0.393. The zero-order valence-corrected chi connectivity index (χ0v) is 24.1. The van der Waals surface area contributed by atoms with E-state index in [1.165, 1.54) is 0 Å². The van der Waals surface area contributed by atoms with Gasteiger partial charge >= 0.3 is 0 Å². The molecule has 8 nitrogen and oxygen atoms in total. The zero-order valence-electron chi connectivity index (χ0n) is 21.7. The molecule has 2 aromatic carbocycles. The van der Waals surface area contributed by atoms with Crippen LogP contribution in [0.2, 0.25) is 10.0 Å². The van der Waals surface area contributed by atoms with E-state index in [0.717, 1.165) is 32.0 Å². The molecule has 3 heterocycles. The van der Waals surface area contributed by atoms with Crippen molar-refractivity contribution in [3.63, 3.8) is 0 Å². The molecular formula is C28H29Cl2N5O3S. The van der Waals surface area contributed by atoms with Crippen molar-refractivity contribution in [2.75, 3.05) is 17.2 Å². The summed E-state index contributed by atoms with van der Waals surface area (Å²) in [4.78, 5) is 14.6. The summed E-state index contributed by atoms with van der Waals surface area (Å²) in [5.74, 6) is 0.371. The van der Waals surface area contributed by atoms with Crippen LogP contribution >= 0.6 is 34.5 Å². The summed E-state index contributed by atoms with van der Waals surface area (Å²) in [6, 6.07) is 13.4. The molecule has 2 aliphatic rings. The summed E-state index contributed by atoms with van der Waals surface area (Å²) in [6.45, 7) is 6.25. The normalized spacial score (nSPS) is 23.7. The lowest BCUT2D eigenvalue weighted by Crippen LogP contribution is -2.35. The van der Waals surface area contributed by atoms with Crippen molar-refractivity contribution in [2.24, 2.45) is 5.92 Å². The number of rotatable bonds is 7. The van der Waals surface area contributed by atoms with Gasteiger partial charge in [0, 0.05) is 29.1 Å². The third kappa shape index (κ3) is 5.44. The lowest BCUT2D eigenvalue weighted by atomic mass is 10.1. The predicted octanol–water partition coefficient (Wildman–Crippen LogP) is 6.29. The number of fused-ring (bicyclic) bond motifs is 2. The Bertz CT molecular complexity index is 1480. The van der Waals surface area contributed by atoms with Gasteiger partial charge in [0.1, 0.15) is 16.9 Å². The molecule has 11 heteroatoms. The van der Waals surface area contributed by atoms with E-state index in [4.69, 9.17) is 47.6 Å². The maximum absolute atomic E-state index is 10.1. The maximum atomic E-state index is 10.1. The highest BCUT2D eigenvalue weighted by atomic mass is 35.5. The van der Waals surface area contributed by atoms with Crippen LogP contribution in [0, 0.1) is 12.8 Å². The molecule has 1 saturated heterocycles. The Labute approximate surface area is 240 Å². The minimum Gasteiger partial charge on any atom is -0.396 e. The molecule has 0 amide bonds. The van der Waals surface area contributed by atoms with Gasteiger partial charge in [-0.05, 0) is 63.1 Å². The molecule has 1 aliphatic carbocycles. The molecule has 2 fully saturated rings. The molecule has 204 valence electrons. The van der Waals surface area contributed by atoms with Crippen LogP contribution in [0.1, 0.15) is 31.5 Å². The van der Waals surface area contributed by atoms with Gasteiger partial charge in [-0.1, -0.05) is 35.3 Å². The van der Waals surface area contributed by atoms with Gasteiger partial charge in [0.2, 0.25) is 5.95 Å². The number of thiazole rings is 1. The van der Waals surface area contributed by atoms with E-state index in [9.17, 15) is 5.11 Å². The van der Waals surface area contributed by atoms with E-state index in [2.05, 4.69) is 16.7 Å². The van der Waals surface area contributed by atoms with E-state index in [1.807, 2.05) is 51.1 Å². The second kappa shape index (κ2) is 10.5. The Balaban J connectivity index is 1.36. The lowest BCUT2D eigenvalue weighted by Gasteiger charge is -2.25. The Morgan fingerprint density at radius 1 is 1.05 bits per heavy atom. The van der Waals surface area contributed by atoms with Crippen LogP contribution in [0.5, 0.6) is 0 Å². The summed E-state index contributed by atoms with van der Waals surface area (Å²) in [5, 5.41) is 19.0. The van der Waals surface area contributed by atoms with Crippen LogP contribution in [0.3, 0.4) is 0 Å². The van der Waals surface area contributed by atoms with E-state index in [1.54, 1.807) is 17.4 Å². The second-order valence-corrected chi connectivity index (χ2v) is 12.4. The van der Waals surface area contributed by atoms with E-state index < -0.39 is 5.79 Å². The highest BCUT2D eigenvalue weighted by Crippen LogP contribution is 2.44. The quantitative estimate of drug-likeness (QED) is 0.232. The third-order valence-electron chi connectivity index (χ3n) is 7.11. The molecule has 0 unspecified atom stereocenters. The summed E-state index contributed by atoms with van der Waals surface area (Å²) in [5.41, 5.74) is 3.48. The van der Waals surface area contributed by atoms with Gasteiger partial charge in [-0.2, -0.15) is 4.98 Å². The topological polar surface area (TPSA) is 101 Å². The fourth-order valence-electron chi connectivity index (χ4n) is 5.47. The van der Waals surface area contributed by atoms with Gasteiger partial charge in [-0.3, -0.25) is 0 Å². The molecule has 6 rings (SSSR count). The van der Waals surface area contributed by atoms with E-state index in [0.29, 0.717) is 34.8 Å². The number of aryl methyl sites for hydroxylation is 1. The standard InChI is InChI=1S/C28H29Cl2N5O3S/c1-14-22(26-34-19-6-4-5-7-21(19)39-26)25(33-20-10-16(13-36)23-24(20)38-28(2,3)37-23)35-27(32-14)31-12-15-8-17(29)11-18(30)9-15/h4-9,11,16,20,23-24,36H,10,12-13H2,1-3H3,(H2,31,32,33,35)/t16-,20-,23-,24+/m1/s1. The first-order chi connectivity index (χ1) is 18.7. The number of hydrogen-bond donors (Lipinski definition) is 3. The fourth-order valence-corrected chi connectivity index (χ4v) is 7.10. The first-order valence-corrected chi connectivity index (χ1v) is 14.4. The minimum absolute atomic E-state index is 0.0291. The van der Waals surface area contributed by atoms with Crippen molar-refractivity contribution in [2.45, 2.75) is 57.8 Å². The minimum atomic E-state index is -0.717. The lowest BCUT2D eigenvalue weighted by molar-refractivity contribution is -0.158. The molecule has 4 aromatic rings.